The standard InChI is InChI=1S/C26H31N3/c1-17-6-8-23-21(13-17)22-15-27-24-9-7-20-14-26(20,24)25(22)29(23)11-4-5-18(2)19-10-12-28(3)16-19/h5-6,8,10,12-13,16,20,24,27H,4,7,9,11,14-15H2,1-3H3/b18-5+. The zero-order valence-corrected chi connectivity index (χ0v) is 17.8. The molecule has 150 valence electrons. The SMILES string of the molecule is C/C(=C\CCn1c2c(c3cc(C)ccc31)CNC1CCC3CC231)c1ccn(C)c1. The van der Waals surface area contributed by atoms with Gasteiger partial charge in [-0.1, -0.05) is 17.7 Å². The molecular weight excluding hydrogens is 354 g/mol. The number of aromatic nitrogens is 2. The van der Waals surface area contributed by atoms with Crippen LogP contribution in [-0.2, 0) is 25.6 Å². The van der Waals surface area contributed by atoms with Gasteiger partial charge in [0.05, 0.1) is 0 Å². The van der Waals surface area contributed by atoms with Gasteiger partial charge in [-0.25, -0.2) is 0 Å². The first-order chi connectivity index (χ1) is 14.1. The number of nitrogens with zero attached hydrogens (tertiary/aromatic N) is 2. The highest BCUT2D eigenvalue weighted by atomic mass is 15.1. The predicted molar refractivity (Wildman–Crippen MR) is 120 cm³/mol. The zero-order chi connectivity index (χ0) is 19.8. The molecule has 3 heteroatoms. The van der Waals surface area contributed by atoms with Crippen LogP contribution in [0.1, 0.15) is 55.0 Å². The molecule has 2 aliphatic carbocycles. The van der Waals surface area contributed by atoms with E-state index in [9.17, 15) is 0 Å². The molecule has 3 aromatic rings. The second-order valence-electron chi connectivity index (χ2n) is 9.69. The molecule has 2 aromatic heterocycles. The molecule has 1 aliphatic heterocycles. The van der Waals surface area contributed by atoms with Gasteiger partial charge in [-0.15, -0.1) is 0 Å². The van der Waals surface area contributed by atoms with Gasteiger partial charge >= 0.3 is 0 Å². The van der Waals surface area contributed by atoms with Crippen molar-refractivity contribution in [2.45, 2.75) is 64.1 Å². The molecule has 0 amide bonds. The minimum absolute atomic E-state index is 0.429. The minimum Gasteiger partial charge on any atom is -0.357 e. The van der Waals surface area contributed by atoms with E-state index >= 15 is 0 Å². The highest BCUT2D eigenvalue weighted by Gasteiger charge is 2.66. The summed E-state index contributed by atoms with van der Waals surface area (Å²) in [4.78, 5) is 0. The number of nitrogens with one attached hydrogen (secondary N) is 1. The second kappa shape index (κ2) is 6.12. The van der Waals surface area contributed by atoms with Crippen LogP contribution < -0.4 is 5.32 Å². The van der Waals surface area contributed by atoms with Gasteiger partial charge in [-0.3, -0.25) is 0 Å². The number of fused-ring (bicyclic) bond motifs is 3. The summed E-state index contributed by atoms with van der Waals surface area (Å²) in [6.07, 6.45) is 12.0. The van der Waals surface area contributed by atoms with Crippen molar-refractivity contribution in [2.75, 3.05) is 0 Å². The highest BCUT2D eigenvalue weighted by Crippen LogP contribution is 2.66. The Morgan fingerprint density at radius 3 is 2.97 bits per heavy atom. The Bertz CT molecular complexity index is 1140. The summed E-state index contributed by atoms with van der Waals surface area (Å²) in [6, 6.07) is 9.99. The van der Waals surface area contributed by atoms with Crippen molar-refractivity contribution in [3.63, 3.8) is 0 Å². The third-order valence-corrected chi connectivity index (χ3v) is 7.96. The second-order valence-corrected chi connectivity index (χ2v) is 9.69. The highest BCUT2D eigenvalue weighted by molar-refractivity contribution is 5.87. The molecule has 1 aromatic carbocycles. The lowest BCUT2D eigenvalue weighted by Gasteiger charge is -2.32. The van der Waals surface area contributed by atoms with Crippen molar-refractivity contribution >= 4 is 16.5 Å². The molecule has 2 fully saturated rings. The van der Waals surface area contributed by atoms with Gasteiger partial charge in [0.2, 0.25) is 0 Å². The lowest BCUT2D eigenvalue weighted by atomic mass is 9.86. The molecule has 1 spiro atoms. The van der Waals surface area contributed by atoms with Crippen molar-refractivity contribution < 1.29 is 0 Å². The van der Waals surface area contributed by atoms with Crippen molar-refractivity contribution in [3.05, 3.63) is 65.1 Å². The smallest absolute Gasteiger partial charge is 0.0486 e. The number of aryl methyl sites for hydroxylation is 3. The van der Waals surface area contributed by atoms with E-state index in [4.69, 9.17) is 0 Å². The summed E-state index contributed by atoms with van der Waals surface area (Å²) in [5, 5.41) is 5.40. The third kappa shape index (κ3) is 2.46. The van der Waals surface area contributed by atoms with Crippen molar-refractivity contribution in [1.29, 1.82) is 0 Å². The molecule has 3 aliphatic rings. The maximum Gasteiger partial charge on any atom is 0.0486 e. The fourth-order valence-corrected chi connectivity index (χ4v) is 6.47. The molecule has 3 unspecified atom stereocenters. The van der Waals surface area contributed by atoms with Gasteiger partial charge in [-0.2, -0.15) is 0 Å². The predicted octanol–water partition coefficient (Wildman–Crippen LogP) is 5.31. The van der Waals surface area contributed by atoms with Crippen molar-refractivity contribution in [3.8, 4) is 0 Å². The topological polar surface area (TPSA) is 21.9 Å². The van der Waals surface area contributed by atoms with Gasteiger partial charge in [0.15, 0.2) is 0 Å². The summed E-state index contributed by atoms with van der Waals surface area (Å²) < 4.78 is 4.84. The number of benzene rings is 1. The molecule has 3 atom stereocenters. The molecule has 0 radical (unpaired) electrons. The third-order valence-electron chi connectivity index (χ3n) is 7.96. The van der Waals surface area contributed by atoms with E-state index in [1.165, 1.54) is 46.9 Å². The molecule has 29 heavy (non-hydrogen) atoms. The maximum atomic E-state index is 3.91. The first-order valence-corrected chi connectivity index (χ1v) is 11.2. The maximum absolute atomic E-state index is 3.91. The van der Waals surface area contributed by atoms with Crippen LogP contribution in [0.5, 0.6) is 0 Å². The largest absolute Gasteiger partial charge is 0.357 e. The first-order valence-electron chi connectivity index (χ1n) is 11.2. The summed E-state index contributed by atoms with van der Waals surface area (Å²) in [7, 11) is 2.09. The Balaban J connectivity index is 1.41. The lowest BCUT2D eigenvalue weighted by Crippen LogP contribution is -2.43. The van der Waals surface area contributed by atoms with E-state index in [1.54, 1.807) is 11.3 Å². The van der Waals surface area contributed by atoms with Crippen LogP contribution in [-0.4, -0.2) is 15.2 Å². The molecular formula is C26H31N3. The molecule has 0 saturated heterocycles. The van der Waals surface area contributed by atoms with Crippen LogP contribution in [0.4, 0.5) is 0 Å². The van der Waals surface area contributed by atoms with E-state index in [-0.39, 0.29) is 0 Å². The van der Waals surface area contributed by atoms with E-state index < -0.39 is 0 Å². The van der Waals surface area contributed by atoms with Gasteiger partial charge in [0, 0.05) is 60.6 Å². The van der Waals surface area contributed by atoms with Crippen LogP contribution in [0.2, 0.25) is 0 Å². The first kappa shape index (κ1) is 17.6. The molecule has 3 heterocycles. The molecule has 2 saturated carbocycles. The average Bonchev–Trinajstić information content (AvgIpc) is 3.01. The van der Waals surface area contributed by atoms with Crippen molar-refractivity contribution in [2.24, 2.45) is 13.0 Å². The van der Waals surface area contributed by atoms with Gasteiger partial charge in [0.1, 0.15) is 0 Å². The molecule has 0 bridgehead atoms. The monoisotopic (exact) mass is 385 g/mol. The van der Waals surface area contributed by atoms with Crippen LogP contribution in [0.15, 0.2) is 42.7 Å². The van der Waals surface area contributed by atoms with Crippen LogP contribution in [0, 0.1) is 12.8 Å². The Labute approximate surface area is 173 Å². The fraction of sp³-hybridized carbons (Fsp3) is 0.462. The zero-order valence-electron chi connectivity index (χ0n) is 17.8. The average molecular weight is 386 g/mol. The normalized spacial score (nSPS) is 27.8. The van der Waals surface area contributed by atoms with Crippen LogP contribution >= 0.6 is 0 Å². The van der Waals surface area contributed by atoms with Crippen molar-refractivity contribution in [1.82, 2.24) is 14.5 Å². The van der Waals surface area contributed by atoms with Gasteiger partial charge in [-0.05, 0) is 80.3 Å². The van der Waals surface area contributed by atoms with E-state index in [1.807, 2.05) is 0 Å². The molecule has 1 N–H and O–H groups in total. The number of hydrogen-bond acceptors (Lipinski definition) is 1. The van der Waals surface area contributed by atoms with E-state index in [0.717, 1.165) is 25.4 Å². The summed E-state index contributed by atoms with van der Waals surface area (Å²) in [6.45, 7) is 6.59. The van der Waals surface area contributed by atoms with Crippen LogP contribution in [0.25, 0.3) is 16.5 Å². The number of rotatable bonds is 4. The lowest BCUT2D eigenvalue weighted by molar-refractivity contribution is 0.384. The van der Waals surface area contributed by atoms with Gasteiger partial charge in [0.25, 0.3) is 0 Å². The molecule has 6 rings (SSSR count). The van der Waals surface area contributed by atoms with Gasteiger partial charge < -0.3 is 14.5 Å². The van der Waals surface area contributed by atoms with E-state index in [0.29, 0.717) is 11.5 Å². The molecule has 3 nitrogen and oxygen atoms in total. The number of hydrogen-bond donors (Lipinski definition) is 1. The quantitative estimate of drug-likeness (QED) is 0.646. The summed E-state index contributed by atoms with van der Waals surface area (Å²) in [5.74, 6) is 0.907. The Hall–Kier alpha value is -2.26. The summed E-state index contributed by atoms with van der Waals surface area (Å²) in [5.41, 5.74) is 9.25. The van der Waals surface area contributed by atoms with Crippen LogP contribution in [0.3, 0.4) is 0 Å². The fourth-order valence-electron chi connectivity index (χ4n) is 6.47. The number of allylic oxidation sites excluding steroid dienone is 2. The minimum atomic E-state index is 0.429. The van der Waals surface area contributed by atoms with E-state index in [2.05, 4.69) is 78.1 Å². The summed E-state index contributed by atoms with van der Waals surface area (Å²) >= 11 is 0. The Kier molecular flexibility index (Phi) is 3.71. The Morgan fingerprint density at radius 1 is 1.28 bits per heavy atom. The Morgan fingerprint density at radius 2 is 2.17 bits per heavy atom.